The fourth-order valence-corrected chi connectivity index (χ4v) is 2.96. The first-order valence-corrected chi connectivity index (χ1v) is 6.82. The summed E-state index contributed by atoms with van der Waals surface area (Å²) in [6, 6.07) is -0.647. The molecule has 3 aliphatic rings. The van der Waals surface area contributed by atoms with Crippen molar-refractivity contribution in [2.75, 3.05) is 26.3 Å². The Morgan fingerprint density at radius 3 is 2.37 bits per heavy atom. The highest BCUT2D eigenvalue weighted by Crippen LogP contribution is 2.36. The van der Waals surface area contributed by atoms with Crippen LogP contribution in [0, 0.1) is 22.0 Å². The molecule has 0 bridgehead atoms. The van der Waals surface area contributed by atoms with Gasteiger partial charge in [-0.2, -0.15) is 0 Å². The molecule has 1 saturated carbocycles. The number of carbonyl (C=O) groups excluding carboxylic acids is 1. The van der Waals surface area contributed by atoms with Gasteiger partial charge < -0.3 is 14.4 Å². The number of rotatable bonds is 3. The molecule has 7 heteroatoms. The number of ether oxygens (including phenoxy) is 2. The molecule has 3 rings (SSSR count). The van der Waals surface area contributed by atoms with Gasteiger partial charge in [0.05, 0.1) is 13.2 Å². The zero-order valence-electron chi connectivity index (χ0n) is 10.7. The molecule has 0 aromatic rings. The third-order valence-corrected chi connectivity index (χ3v) is 4.23. The fraction of sp³-hybridized carbons (Fsp3) is 0.917. The average molecular weight is 270 g/mol. The second-order valence-corrected chi connectivity index (χ2v) is 5.47. The Morgan fingerprint density at radius 1 is 1.21 bits per heavy atom. The van der Waals surface area contributed by atoms with Gasteiger partial charge in [-0.05, 0) is 12.8 Å². The van der Waals surface area contributed by atoms with Gasteiger partial charge in [-0.25, -0.2) is 0 Å². The minimum atomic E-state index is -0.647. The molecule has 106 valence electrons. The van der Waals surface area contributed by atoms with Gasteiger partial charge in [0, 0.05) is 30.4 Å². The molecule has 2 unspecified atom stereocenters. The van der Waals surface area contributed by atoms with E-state index in [0.717, 1.165) is 12.8 Å². The van der Waals surface area contributed by atoms with Gasteiger partial charge in [0.25, 0.3) is 0 Å². The van der Waals surface area contributed by atoms with Crippen molar-refractivity contribution >= 4 is 5.91 Å². The van der Waals surface area contributed by atoms with Crippen LogP contribution in [0.3, 0.4) is 0 Å². The predicted molar refractivity (Wildman–Crippen MR) is 63.9 cm³/mol. The summed E-state index contributed by atoms with van der Waals surface area (Å²) in [5, 5.41) is 10.6. The van der Waals surface area contributed by atoms with E-state index in [4.69, 9.17) is 9.47 Å². The second-order valence-electron chi connectivity index (χ2n) is 5.47. The van der Waals surface area contributed by atoms with Crippen LogP contribution in [0.15, 0.2) is 0 Å². The minimum absolute atomic E-state index is 0.0478. The summed E-state index contributed by atoms with van der Waals surface area (Å²) in [4.78, 5) is 24.1. The van der Waals surface area contributed by atoms with E-state index in [0.29, 0.717) is 38.6 Å². The van der Waals surface area contributed by atoms with Crippen LogP contribution < -0.4 is 0 Å². The maximum Gasteiger partial charge on any atom is 0.232 e. The number of nitro groups is 1. The number of amides is 1. The first-order chi connectivity index (χ1) is 9.16. The van der Waals surface area contributed by atoms with Crippen molar-refractivity contribution in [1.29, 1.82) is 0 Å². The maximum atomic E-state index is 12.1. The van der Waals surface area contributed by atoms with E-state index in [1.807, 2.05) is 0 Å². The van der Waals surface area contributed by atoms with Crippen molar-refractivity contribution in [2.45, 2.75) is 31.6 Å². The highest BCUT2D eigenvalue weighted by atomic mass is 16.7. The molecule has 2 heterocycles. The summed E-state index contributed by atoms with van der Waals surface area (Å²) in [6.45, 7) is 2.62. The molecule has 1 aliphatic carbocycles. The predicted octanol–water partition coefficient (Wildman–Crippen LogP) is 0.263. The lowest BCUT2D eigenvalue weighted by Crippen LogP contribution is -2.42. The molecule has 3 fully saturated rings. The van der Waals surface area contributed by atoms with Crippen molar-refractivity contribution in [2.24, 2.45) is 11.8 Å². The zero-order chi connectivity index (χ0) is 13.4. The SMILES string of the molecule is O=C(C1CC1[N+](=O)[O-])N1CCC(C2OCCO2)CC1. The van der Waals surface area contributed by atoms with Gasteiger partial charge in [0.1, 0.15) is 5.92 Å². The lowest BCUT2D eigenvalue weighted by atomic mass is 9.96. The summed E-state index contributed by atoms with van der Waals surface area (Å²) in [6.07, 6.45) is 1.99. The van der Waals surface area contributed by atoms with E-state index < -0.39 is 6.04 Å². The molecule has 2 saturated heterocycles. The van der Waals surface area contributed by atoms with Crippen LogP contribution in [0.1, 0.15) is 19.3 Å². The molecule has 0 aromatic heterocycles. The Labute approximate surface area is 111 Å². The Kier molecular flexibility index (Phi) is 3.40. The summed E-state index contributed by atoms with van der Waals surface area (Å²) in [5.74, 6) is -0.0870. The molecule has 0 aromatic carbocycles. The normalized spacial score (nSPS) is 32.5. The fourth-order valence-electron chi connectivity index (χ4n) is 2.96. The van der Waals surface area contributed by atoms with Crippen molar-refractivity contribution < 1.29 is 19.2 Å². The van der Waals surface area contributed by atoms with Crippen molar-refractivity contribution in [3.05, 3.63) is 10.1 Å². The Bertz CT molecular complexity index is 374. The number of nitrogens with zero attached hydrogens (tertiary/aromatic N) is 2. The number of piperidine rings is 1. The van der Waals surface area contributed by atoms with Gasteiger partial charge in [0.2, 0.25) is 11.9 Å². The highest BCUT2D eigenvalue weighted by Gasteiger charge is 2.54. The van der Waals surface area contributed by atoms with Crippen molar-refractivity contribution in [3.63, 3.8) is 0 Å². The Morgan fingerprint density at radius 2 is 1.84 bits per heavy atom. The Hall–Kier alpha value is -1.21. The van der Waals surface area contributed by atoms with Crippen molar-refractivity contribution in [1.82, 2.24) is 4.90 Å². The monoisotopic (exact) mass is 270 g/mol. The van der Waals surface area contributed by atoms with Gasteiger partial charge in [-0.3, -0.25) is 14.9 Å². The molecule has 0 N–H and O–H groups in total. The molecule has 1 amide bonds. The zero-order valence-corrected chi connectivity index (χ0v) is 10.7. The van der Waals surface area contributed by atoms with E-state index in [9.17, 15) is 14.9 Å². The van der Waals surface area contributed by atoms with E-state index in [1.54, 1.807) is 4.90 Å². The summed E-state index contributed by atoms with van der Waals surface area (Å²) >= 11 is 0. The maximum absolute atomic E-state index is 12.1. The van der Waals surface area contributed by atoms with Crippen LogP contribution in [0.2, 0.25) is 0 Å². The van der Waals surface area contributed by atoms with Crippen LogP contribution in [-0.4, -0.2) is 54.4 Å². The standard InChI is InChI=1S/C12H18N2O5/c15-11(9-7-10(9)14(16)17)13-3-1-8(2-4-13)12-18-5-6-19-12/h8-10,12H,1-7H2. The van der Waals surface area contributed by atoms with Crippen molar-refractivity contribution in [3.8, 4) is 0 Å². The molecular formula is C12H18N2O5. The van der Waals surface area contributed by atoms with Gasteiger partial charge >= 0.3 is 0 Å². The second kappa shape index (κ2) is 5.05. The molecule has 0 spiro atoms. The summed E-state index contributed by atoms with van der Waals surface area (Å²) in [7, 11) is 0. The molecule has 7 nitrogen and oxygen atoms in total. The highest BCUT2D eigenvalue weighted by molar-refractivity contribution is 5.82. The Balaban J connectivity index is 1.47. The molecular weight excluding hydrogens is 252 g/mol. The van der Waals surface area contributed by atoms with Gasteiger partial charge in [0.15, 0.2) is 6.29 Å². The van der Waals surface area contributed by atoms with E-state index >= 15 is 0 Å². The first-order valence-electron chi connectivity index (χ1n) is 6.82. The average Bonchev–Trinajstić information content (AvgIpc) is 3.05. The minimum Gasteiger partial charge on any atom is -0.350 e. The van der Waals surface area contributed by atoms with Crippen LogP contribution in [0.5, 0.6) is 0 Å². The third-order valence-electron chi connectivity index (χ3n) is 4.23. The quantitative estimate of drug-likeness (QED) is 0.543. The number of hydrogen-bond donors (Lipinski definition) is 0. The summed E-state index contributed by atoms with van der Waals surface area (Å²) in [5.41, 5.74) is 0. The van der Waals surface area contributed by atoms with Crippen LogP contribution in [-0.2, 0) is 14.3 Å². The van der Waals surface area contributed by atoms with E-state index in [2.05, 4.69) is 0 Å². The van der Waals surface area contributed by atoms with Crippen LogP contribution >= 0.6 is 0 Å². The van der Waals surface area contributed by atoms with E-state index in [1.165, 1.54) is 0 Å². The molecule has 19 heavy (non-hydrogen) atoms. The van der Waals surface area contributed by atoms with Crippen LogP contribution in [0.4, 0.5) is 0 Å². The number of hydrogen-bond acceptors (Lipinski definition) is 5. The molecule has 2 atom stereocenters. The molecule has 0 radical (unpaired) electrons. The molecule has 2 aliphatic heterocycles. The third kappa shape index (κ3) is 2.57. The number of likely N-dealkylation sites (tertiary alicyclic amines) is 1. The number of carbonyl (C=O) groups is 1. The topological polar surface area (TPSA) is 81.9 Å². The largest absolute Gasteiger partial charge is 0.350 e. The van der Waals surface area contributed by atoms with Gasteiger partial charge in [-0.1, -0.05) is 0 Å². The van der Waals surface area contributed by atoms with Crippen LogP contribution in [0.25, 0.3) is 0 Å². The lowest BCUT2D eigenvalue weighted by Gasteiger charge is -2.33. The first kappa shape index (κ1) is 12.8. The lowest BCUT2D eigenvalue weighted by molar-refractivity contribution is -0.497. The smallest absolute Gasteiger partial charge is 0.232 e. The summed E-state index contributed by atoms with van der Waals surface area (Å²) < 4.78 is 11.0. The van der Waals surface area contributed by atoms with E-state index in [-0.39, 0.29) is 23.0 Å². The van der Waals surface area contributed by atoms with Gasteiger partial charge in [-0.15, -0.1) is 0 Å².